The van der Waals surface area contributed by atoms with Crippen LogP contribution in [0.4, 0.5) is 0 Å². The number of amides is 1. The molecule has 2 aromatic heterocycles. The summed E-state index contributed by atoms with van der Waals surface area (Å²) in [5.41, 5.74) is 1.19. The van der Waals surface area contributed by atoms with Crippen LogP contribution < -0.4 is 4.74 Å². The molecular formula is C19H21N3O4S. The van der Waals surface area contributed by atoms with E-state index < -0.39 is 0 Å². The van der Waals surface area contributed by atoms with Gasteiger partial charge >= 0.3 is 0 Å². The van der Waals surface area contributed by atoms with Gasteiger partial charge in [-0.15, -0.1) is 11.3 Å². The molecule has 0 aliphatic carbocycles. The number of benzene rings is 1. The zero-order chi connectivity index (χ0) is 18.8. The molecule has 3 heterocycles. The van der Waals surface area contributed by atoms with Crippen molar-refractivity contribution in [1.82, 2.24) is 14.9 Å². The number of ether oxygens (including phenoxy) is 2. The van der Waals surface area contributed by atoms with Crippen molar-refractivity contribution in [2.75, 3.05) is 20.2 Å². The number of thiazole rings is 1. The van der Waals surface area contributed by atoms with Crippen molar-refractivity contribution >= 4 is 27.5 Å². The Labute approximate surface area is 160 Å². The zero-order valence-electron chi connectivity index (χ0n) is 15.3. The first-order valence-corrected chi connectivity index (χ1v) is 9.71. The summed E-state index contributed by atoms with van der Waals surface area (Å²) < 4.78 is 17.8. The molecule has 1 saturated heterocycles. The first kappa shape index (κ1) is 17.9. The highest BCUT2D eigenvalue weighted by atomic mass is 32.1. The lowest BCUT2D eigenvalue weighted by Crippen LogP contribution is -2.34. The molecule has 1 aromatic carbocycles. The molecule has 1 amide bonds. The number of aromatic nitrogens is 2. The highest BCUT2D eigenvalue weighted by molar-refractivity contribution is 7.18. The van der Waals surface area contributed by atoms with Crippen molar-refractivity contribution in [2.24, 2.45) is 0 Å². The first-order valence-electron chi connectivity index (χ1n) is 8.90. The van der Waals surface area contributed by atoms with E-state index in [2.05, 4.69) is 9.97 Å². The zero-order valence-corrected chi connectivity index (χ0v) is 16.1. The predicted molar refractivity (Wildman–Crippen MR) is 101 cm³/mol. The average Bonchev–Trinajstić information content (AvgIpc) is 3.39. The van der Waals surface area contributed by atoms with E-state index in [0.717, 1.165) is 34.7 Å². The van der Waals surface area contributed by atoms with E-state index in [1.807, 2.05) is 25.1 Å². The normalized spacial score (nSPS) is 16.7. The van der Waals surface area contributed by atoms with Crippen LogP contribution in [0.25, 0.3) is 10.2 Å². The topological polar surface area (TPSA) is 77.7 Å². The number of nitrogens with zero attached hydrogens (tertiary/aromatic N) is 3. The molecule has 8 heteroatoms. The number of rotatable bonds is 6. The van der Waals surface area contributed by atoms with Crippen molar-refractivity contribution in [3.05, 3.63) is 41.1 Å². The van der Waals surface area contributed by atoms with E-state index in [9.17, 15) is 4.79 Å². The first-order chi connectivity index (χ1) is 13.1. The van der Waals surface area contributed by atoms with Crippen molar-refractivity contribution in [3.63, 3.8) is 0 Å². The van der Waals surface area contributed by atoms with E-state index in [4.69, 9.17) is 13.9 Å². The van der Waals surface area contributed by atoms with Crippen LogP contribution in [0.5, 0.6) is 5.75 Å². The monoisotopic (exact) mass is 387 g/mol. The molecule has 1 aliphatic heterocycles. The fourth-order valence-electron chi connectivity index (χ4n) is 3.10. The van der Waals surface area contributed by atoms with Crippen LogP contribution in [0.15, 0.2) is 28.9 Å². The lowest BCUT2D eigenvalue weighted by Gasteiger charge is -2.19. The van der Waals surface area contributed by atoms with Gasteiger partial charge in [0.1, 0.15) is 12.0 Å². The molecule has 1 fully saturated rings. The maximum absolute atomic E-state index is 12.5. The Morgan fingerprint density at radius 3 is 3.11 bits per heavy atom. The summed E-state index contributed by atoms with van der Waals surface area (Å²) >= 11 is 1.65. The fourth-order valence-corrected chi connectivity index (χ4v) is 3.91. The SMILES string of the molecule is Cc1nc2cc(OCc3nc(C(=O)N(C)C[C@H]4CCCO4)co3)ccc2s1. The maximum Gasteiger partial charge on any atom is 0.275 e. The number of hydrogen-bond acceptors (Lipinski definition) is 7. The number of carbonyl (C=O) groups is 1. The summed E-state index contributed by atoms with van der Waals surface area (Å²) in [6.45, 7) is 3.46. The molecule has 142 valence electrons. The number of fused-ring (bicyclic) bond motifs is 1. The van der Waals surface area contributed by atoms with Gasteiger partial charge < -0.3 is 18.8 Å². The highest BCUT2D eigenvalue weighted by Crippen LogP contribution is 2.26. The quantitative estimate of drug-likeness (QED) is 0.645. The number of likely N-dealkylation sites (N-methyl/N-ethyl adjacent to an activating group) is 1. The fraction of sp³-hybridized carbons (Fsp3) is 0.421. The van der Waals surface area contributed by atoms with E-state index in [1.165, 1.54) is 6.26 Å². The van der Waals surface area contributed by atoms with Gasteiger partial charge in [0, 0.05) is 26.3 Å². The van der Waals surface area contributed by atoms with Crippen molar-refractivity contribution in [1.29, 1.82) is 0 Å². The van der Waals surface area contributed by atoms with Gasteiger partial charge in [0.25, 0.3) is 5.91 Å². The van der Waals surface area contributed by atoms with Crippen LogP contribution >= 0.6 is 11.3 Å². The maximum atomic E-state index is 12.5. The summed E-state index contributed by atoms with van der Waals surface area (Å²) in [4.78, 5) is 22.8. The summed E-state index contributed by atoms with van der Waals surface area (Å²) in [6, 6.07) is 5.77. The molecule has 0 N–H and O–H groups in total. The summed E-state index contributed by atoms with van der Waals surface area (Å²) in [6.07, 6.45) is 3.51. The molecule has 0 saturated carbocycles. The lowest BCUT2D eigenvalue weighted by molar-refractivity contribution is 0.0582. The summed E-state index contributed by atoms with van der Waals surface area (Å²) in [5.74, 6) is 0.868. The molecule has 27 heavy (non-hydrogen) atoms. The van der Waals surface area contributed by atoms with Crippen molar-refractivity contribution in [3.8, 4) is 5.75 Å². The molecule has 7 nitrogen and oxygen atoms in total. The van der Waals surface area contributed by atoms with Gasteiger partial charge in [-0.1, -0.05) is 0 Å². The second-order valence-corrected chi connectivity index (χ2v) is 7.83. The van der Waals surface area contributed by atoms with Gasteiger partial charge in [-0.05, 0) is 31.9 Å². The van der Waals surface area contributed by atoms with Gasteiger partial charge in [0.2, 0.25) is 5.89 Å². The largest absolute Gasteiger partial charge is 0.484 e. The van der Waals surface area contributed by atoms with Crippen LogP contribution in [0.2, 0.25) is 0 Å². The third kappa shape index (κ3) is 4.12. The predicted octanol–water partition coefficient (Wildman–Crippen LogP) is 3.42. The van der Waals surface area contributed by atoms with Crippen molar-refractivity contribution in [2.45, 2.75) is 32.5 Å². The number of carbonyl (C=O) groups excluding carboxylic acids is 1. The number of hydrogen-bond donors (Lipinski definition) is 0. The number of oxazole rings is 1. The Bertz CT molecular complexity index is 945. The Kier molecular flexibility index (Phi) is 5.09. The summed E-state index contributed by atoms with van der Waals surface area (Å²) in [5, 5.41) is 1.02. The van der Waals surface area contributed by atoms with Crippen LogP contribution in [-0.4, -0.2) is 47.1 Å². The van der Waals surface area contributed by atoms with Crippen LogP contribution in [0.3, 0.4) is 0 Å². The highest BCUT2D eigenvalue weighted by Gasteiger charge is 2.22. The molecule has 4 rings (SSSR count). The average molecular weight is 387 g/mol. The molecule has 0 radical (unpaired) electrons. The van der Waals surface area contributed by atoms with E-state index in [-0.39, 0.29) is 24.3 Å². The lowest BCUT2D eigenvalue weighted by atomic mass is 10.2. The molecule has 0 bridgehead atoms. The Balaban J connectivity index is 1.36. The molecule has 1 atom stereocenters. The Morgan fingerprint density at radius 2 is 2.30 bits per heavy atom. The minimum Gasteiger partial charge on any atom is -0.484 e. The van der Waals surface area contributed by atoms with Crippen LogP contribution in [0, 0.1) is 6.92 Å². The minimum absolute atomic E-state index is 0.109. The van der Waals surface area contributed by atoms with Gasteiger partial charge in [-0.25, -0.2) is 9.97 Å². The van der Waals surface area contributed by atoms with Gasteiger partial charge in [0.15, 0.2) is 12.3 Å². The Morgan fingerprint density at radius 1 is 1.41 bits per heavy atom. The van der Waals surface area contributed by atoms with Gasteiger partial charge in [-0.2, -0.15) is 0 Å². The van der Waals surface area contributed by atoms with E-state index >= 15 is 0 Å². The molecule has 0 spiro atoms. The minimum atomic E-state index is -0.181. The third-order valence-corrected chi connectivity index (χ3v) is 5.40. The molecular weight excluding hydrogens is 366 g/mol. The van der Waals surface area contributed by atoms with Crippen LogP contribution in [-0.2, 0) is 11.3 Å². The van der Waals surface area contributed by atoms with E-state index in [0.29, 0.717) is 18.2 Å². The smallest absolute Gasteiger partial charge is 0.275 e. The molecule has 3 aromatic rings. The second-order valence-electron chi connectivity index (χ2n) is 6.60. The van der Waals surface area contributed by atoms with Gasteiger partial charge in [-0.3, -0.25) is 4.79 Å². The molecule has 1 aliphatic rings. The van der Waals surface area contributed by atoms with Gasteiger partial charge in [0.05, 0.1) is 21.3 Å². The second kappa shape index (κ2) is 7.66. The van der Waals surface area contributed by atoms with Crippen molar-refractivity contribution < 1.29 is 18.7 Å². The number of aryl methyl sites for hydroxylation is 1. The Hall–Kier alpha value is -2.45. The third-order valence-electron chi connectivity index (χ3n) is 4.45. The van der Waals surface area contributed by atoms with Crippen LogP contribution in [0.1, 0.15) is 34.2 Å². The summed E-state index contributed by atoms with van der Waals surface area (Å²) in [7, 11) is 1.75. The van der Waals surface area contributed by atoms with E-state index in [1.54, 1.807) is 23.3 Å². The molecule has 0 unspecified atom stereocenters. The standard InChI is InChI=1S/C19H21N3O4S/c1-12-20-15-8-13(5-6-17(15)27-12)25-11-18-21-16(10-26-18)19(23)22(2)9-14-4-3-7-24-14/h5-6,8,10,14H,3-4,7,9,11H2,1-2H3/t14-/m1/s1.